The van der Waals surface area contributed by atoms with Crippen LogP contribution in [-0.2, 0) is 6.54 Å². The van der Waals surface area contributed by atoms with Crippen molar-refractivity contribution in [3.05, 3.63) is 45.0 Å². The number of aliphatic hydroxyl groups is 1. The Bertz CT molecular complexity index is 769. The van der Waals surface area contributed by atoms with Gasteiger partial charge in [0.15, 0.2) is 11.6 Å². The number of H-pyrrole nitrogens is 1. The maximum Gasteiger partial charge on any atom is 0.355 e. The highest BCUT2D eigenvalue weighted by molar-refractivity contribution is 5.54. The second kappa shape index (κ2) is 7.05. The average Bonchev–Trinajstić information content (AvgIpc) is 2.45. The maximum atomic E-state index is 13.9. The number of anilines is 2. The summed E-state index contributed by atoms with van der Waals surface area (Å²) in [5.74, 6) is -0.601. The molecule has 124 valence electrons. The Morgan fingerprint density at radius 3 is 2.74 bits per heavy atom. The summed E-state index contributed by atoms with van der Waals surface area (Å²) in [7, 11) is 0. The number of aromatic nitrogens is 3. The molecule has 0 saturated heterocycles. The van der Waals surface area contributed by atoms with Crippen molar-refractivity contribution in [1.29, 1.82) is 0 Å². The molecular formula is C14H17FN4O4. The van der Waals surface area contributed by atoms with Crippen LogP contribution in [0.4, 0.5) is 16.0 Å². The summed E-state index contributed by atoms with van der Waals surface area (Å²) in [6.45, 7) is 3.04. The van der Waals surface area contributed by atoms with Gasteiger partial charge in [-0.3, -0.25) is 4.98 Å². The van der Waals surface area contributed by atoms with E-state index in [2.05, 4.69) is 15.3 Å². The fourth-order valence-corrected chi connectivity index (χ4v) is 1.86. The van der Waals surface area contributed by atoms with Crippen LogP contribution in [0.5, 0.6) is 5.75 Å². The van der Waals surface area contributed by atoms with Crippen molar-refractivity contribution >= 4 is 11.6 Å². The van der Waals surface area contributed by atoms with Crippen LogP contribution in [0.25, 0.3) is 0 Å². The van der Waals surface area contributed by atoms with Gasteiger partial charge in [-0.05, 0) is 26.0 Å². The van der Waals surface area contributed by atoms with Gasteiger partial charge in [0.05, 0.1) is 19.3 Å². The smallest absolute Gasteiger partial charge is 0.355 e. The molecule has 0 radical (unpaired) electrons. The fourth-order valence-electron chi connectivity index (χ4n) is 1.86. The molecule has 2 rings (SSSR count). The summed E-state index contributed by atoms with van der Waals surface area (Å²) in [5.41, 5.74) is -1.24. The highest BCUT2D eigenvalue weighted by Gasteiger charge is 2.09. The minimum atomic E-state index is -0.814. The number of nitrogens with one attached hydrogen (secondary N) is 2. The molecule has 0 aliphatic heterocycles. The predicted molar refractivity (Wildman–Crippen MR) is 81.7 cm³/mol. The van der Waals surface area contributed by atoms with Crippen LogP contribution in [-0.4, -0.2) is 32.4 Å². The third kappa shape index (κ3) is 4.16. The third-order valence-electron chi connectivity index (χ3n) is 2.79. The van der Waals surface area contributed by atoms with Crippen molar-refractivity contribution in [3.63, 3.8) is 0 Å². The predicted octanol–water partition coefficient (Wildman–Crippen LogP) is 0.594. The molecule has 9 heteroatoms. The molecule has 0 fully saturated rings. The van der Waals surface area contributed by atoms with Crippen LogP contribution in [0, 0.1) is 5.82 Å². The van der Waals surface area contributed by atoms with Crippen LogP contribution in [0.1, 0.15) is 13.8 Å². The molecule has 23 heavy (non-hydrogen) atoms. The quantitative estimate of drug-likeness (QED) is 0.718. The Morgan fingerprint density at radius 2 is 2.17 bits per heavy atom. The van der Waals surface area contributed by atoms with E-state index in [9.17, 15) is 14.0 Å². The molecule has 0 bridgehead atoms. The molecule has 3 N–H and O–H groups in total. The van der Waals surface area contributed by atoms with E-state index in [0.29, 0.717) is 5.69 Å². The zero-order chi connectivity index (χ0) is 17.0. The Morgan fingerprint density at radius 1 is 1.43 bits per heavy atom. The van der Waals surface area contributed by atoms with Crippen molar-refractivity contribution in [3.8, 4) is 5.75 Å². The van der Waals surface area contributed by atoms with Gasteiger partial charge in [-0.1, -0.05) is 0 Å². The molecule has 0 amide bonds. The van der Waals surface area contributed by atoms with Gasteiger partial charge in [0.25, 0.3) is 0 Å². The lowest BCUT2D eigenvalue weighted by atomic mass is 10.3. The average molecular weight is 324 g/mol. The number of halogens is 1. The van der Waals surface area contributed by atoms with Crippen LogP contribution in [0.3, 0.4) is 0 Å². The van der Waals surface area contributed by atoms with E-state index < -0.39 is 17.2 Å². The monoisotopic (exact) mass is 324 g/mol. The molecule has 0 saturated carbocycles. The van der Waals surface area contributed by atoms with Crippen LogP contribution in [0.2, 0.25) is 0 Å². The van der Waals surface area contributed by atoms with Gasteiger partial charge in [-0.15, -0.1) is 0 Å². The fraction of sp³-hybridized carbons (Fsp3) is 0.357. The summed E-state index contributed by atoms with van der Waals surface area (Å²) in [6.07, 6.45) is -0.166. The summed E-state index contributed by atoms with van der Waals surface area (Å²) in [5, 5.41) is 11.4. The van der Waals surface area contributed by atoms with Gasteiger partial charge in [0.1, 0.15) is 0 Å². The SMILES string of the molecule is CC(C)Oc1ccc(Nc2nc(=O)n(CCO)c(=O)[nH]2)cc1F. The van der Waals surface area contributed by atoms with Crippen molar-refractivity contribution in [2.45, 2.75) is 26.5 Å². The Labute approximate surface area is 130 Å². The minimum Gasteiger partial charge on any atom is -0.488 e. The lowest BCUT2D eigenvalue weighted by Crippen LogP contribution is -2.38. The molecule has 0 aliphatic carbocycles. The zero-order valence-electron chi connectivity index (χ0n) is 12.7. The second-order valence-electron chi connectivity index (χ2n) is 4.99. The second-order valence-corrected chi connectivity index (χ2v) is 4.99. The highest BCUT2D eigenvalue weighted by Crippen LogP contribution is 2.23. The number of hydrogen-bond donors (Lipinski definition) is 3. The van der Waals surface area contributed by atoms with E-state index in [-0.39, 0.29) is 31.0 Å². The topological polar surface area (TPSA) is 109 Å². The number of ether oxygens (including phenoxy) is 1. The lowest BCUT2D eigenvalue weighted by Gasteiger charge is -2.12. The van der Waals surface area contributed by atoms with E-state index in [4.69, 9.17) is 9.84 Å². The summed E-state index contributed by atoms with van der Waals surface area (Å²) >= 11 is 0. The lowest BCUT2D eigenvalue weighted by molar-refractivity contribution is 0.231. The zero-order valence-corrected chi connectivity index (χ0v) is 12.7. The summed E-state index contributed by atoms with van der Waals surface area (Å²) < 4.78 is 19.9. The van der Waals surface area contributed by atoms with E-state index in [1.807, 2.05) is 0 Å². The van der Waals surface area contributed by atoms with Gasteiger partial charge in [0.2, 0.25) is 5.95 Å². The van der Waals surface area contributed by atoms with Crippen LogP contribution < -0.4 is 21.4 Å². The molecule has 0 atom stereocenters. The number of hydrogen-bond acceptors (Lipinski definition) is 6. The van der Waals surface area contributed by atoms with Gasteiger partial charge >= 0.3 is 11.4 Å². The number of nitrogens with zero attached hydrogens (tertiary/aromatic N) is 2. The normalized spacial score (nSPS) is 10.8. The number of aromatic amines is 1. The summed E-state index contributed by atoms with van der Waals surface area (Å²) in [6, 6.07) is 4.12. The first-order chi connectivity index (χ1) is 10.9. The molecule has 8 nitrogen and oxygen atoms in total. The molecule has 1 aromatic heterocycles. The minimum absolute atomic E-state index is 0.102. The first-order valence-corrected chi connectivity index (χ1v) is 6.96. The van der Waals surface area contributed by atoms with E-state index >= 15 is 0 Å². The number of aliphatic hydroxyl groups excluding tert-OH is 1. The molecule has 2 aromatic rings. The van der Waals surface area contributed by atoms with E-state index in [1.165, 1.54) is 12.1 Å². The van der Waals surface area contributed by atoms with Crippen molar-refractivity contribution in [2.75, 3.05) is 11.9 Å². The van der Waals surface area contributed by atoms with E-state index in [0.717, 1.165) is 10.6 Å². The van der Waals surface area contributed by atoms with Crippen LogP contribution >= 0.6 is 0 Å². The van der Waals surface area contributed by atoms with Crippen molar-refractivity contribution in [2.24, 2.45) is 0 Å². The van der Waals surface area contributed by atoms with Crippen molar-refractivity contribution < 1.29 is 14.2 Å². The van der Waals surface area contributed by atoms with Gasteiger partial charge < -0.3 is 15.2 Å². The van der Waals surface area contributed by atoms with Crippen molar-refractivity contribution in [1.82, 2.24) is 14.5 Å². The standard InChI is InChI=1S/C14H17FN4O4/c1-8(2)23-11-4-3-9(7-10(11)15)16-12-17-13(21)19(5-6-20)14(22)18-12/h3-4,7-8,20H,5-6H2,1-2H3,(H2,16,17,18,21,22). The molecular weight excluding hydrogens is 307 g/mol. The Kier molecular flexibility index (Phi) is 5.12. The highest BCUT2D eigenvalue weighted by atomic mass is 19.1. The first-order valence-electron chi connectivity index (χ1n) is 6.96. The van der Waals surface area contributed by atoms with Gasteiger partial charge in [-0.2, -0.15) is 4.98 Å². The molecule has 0 spiro atoms. The molecule has 1 aromatic carbocycles. The van der Waals surface area contributed by atoms with Gasteiger partial charge in [0, 0.05) is 11.8 Å². The molecule has 0 aliphatic rings. The Balaban J connectivity index is 2.24. The molecule has 1 heterocycles. The largest absolute Gasteiger partial charge is 0.488 e. The molecule has 0 unspecified atom stereocenters. The number of benzene rings is 1. The first kappa shape index (κ1) is 16.7. The Hall–Kier alpha value is -2.68. The van der Waals surface area contributed by atoms with E-state index in [1.54, 1.807) is 13.8 Å². The van der Waals surface area contributed by atoms with Gasteiger partial charge in [-0.25, -0.2) is 18.5 Å². The third-order valence-corrected chi connectivity index (χ3v) is 2.79. The maximum absolute atomic E-state index is 13.9. The summed E-state index contributed by atoms with van der Waals surface area (Å²) in [4.78, 5) is 29.3. The van der Waals surface area contributed by atoms with Crippen LogP contribution in [0.15, 0.2) is 27.8 Å². The number of rotatable bonds is 6.